The lowest BCUT2D eigenvalue weighted by atomic mass is 10.1. The van der Waals surface area contributed by atoms with Gasteiger partial charge in [0.05, 0.1) is 24.2 Å². The third-order valence-corrected chi connectivity index (χ3v) is 7.01. The van der Waals surface area contributed by atoms with Crippen molar-refractivity contribution in [3.63, 3.8) is 0 Å². The minimum atomic E-state index is -0.202. The van der Waals surface area contributed by atoms with Crippen molar-refractivity contribution in [3.05, 3.63) is 109 Å². The molecular weight excluding hydrogens is 610 g/mol. The van der Waals surface area contributed by atoms with Gasteiger partial charge in [0, 0.05) is 20.9 Å². The second-order valence-corrected chi connectivity index (χ2v) is 10.6. The molecule has 8 heteroatoms. The van der Waals surface area contributed by atoms with Crippen molar-refractivity contribution >= 4 is 49.0 Å². The number of nitrogens with zero attached hydrogens (tertiary/aromatic N) is 3. The molecular formula is C30H29Br2N3O3. The van der Waals surface area contributed by atoms with Crippen molar-refractivity contribution in [3.8, 4) is 11.5 Å². The number of halogens is 2. The molecule has 0 aliphatic heterocycles. The molecule has 0 spiro atoms. The number of hydrogen-bond acceptors (Lipinski definition) is 5. The van der Waals surface area contributed by atoms with Gasteiger partial charge in [-0.3, -0.25) is 4.79 Å². The van der Waals surface area contributed by atoms with Crippen molar-refractivity contribution in [1.29, 1.82) is 0 Å². The Morgan fingerprint density at radius 2 is 1.84 bits per heavy atom. The van der Waals surface area contributed by atoms with E-state index in [9.17, 15) is 4.79 Å². The zero-order valence-corrected chi connectivity index (χ0v) is 24.6. The van der Waals surface area contributed by atoms with Crippen LogP contribution in [0.4, 0.5) is 0 Å². The summed E-state index contributed by atoms with van der Waals surface area (Å²) in [5.74, 6) is 1.88. The van der Waals surface area contributed by atoms with E-state index in [2.05, 4.69) is 50.5 Å². The second-order valence-electron chi connectivity index (χ2n) is 8.77. The fraction of sp³-hybridized carbons (Fsp3) is 0.233. The molecule has 3 aromatic carbocycles. The summed E-state index contributed by atoms with van der Waals surface area (Å²) in [6.07, 6.45) is 6.62. The van der Waals surface area contributed by atoms with Crippen LogP contribution in [0.5, 0.6) is 11.5 Å². The van der Waals surface area contributed by atoms with Gasteiger partial charge in [-0.05, 0) is 66.4 Å². The number of unbranched alkanes of at least 4 members (excludes halogenated alkanes) is 1. The lowest BCUT2D eigenvalue weighted by Gasteiger charge is -2.16. The van der Waals surface area contributed by atoms with Gasteiger partial charge in [-0.1, -0.05) is 63.4 Å². The third kappa shape index (κ3) is 6.60. The van der Waals surface area contributed by atoms with Gasteiger partial charge in [-0.15, -0.1) is 6.58 Å². The van der Waals surface area contributed by atoms with Crippen LogP contribution in [0.25, 0.3) is 10.9 Å². The van der Waals surface area contributed by atoms with Gasteiger partial charge in [-0.25, -0.2) is 4.98 Å². The van der Waals surface area contributed by atoms with Gasteiger partial charge in [0.15, 0.2) is 11.5 Å². The number of allylic oxidation sites excluding steroid dienone is 1. The van der Waals surface area contributed by atoms with E-state index in [1.165, 1.54) is 4.68 Å². The maximum atomic E-state index is 13.4. The summed E-state index contributed by atoms with van der Waals surface area (Å²) in [7, 11) is 1.61. The van der Waals surface area contributed by atoms with Crippen LogP contribution in [0.1, 0.15) is 42.3 Å². The smallest absolute Gasteiger partial charge is 0.282 e. The molecule has 0 aliphatic rings. The fourth-order valence-corrected chi connectivity index (χ4v) is 4.68. The van der Waals surface area contributed by atoms with Crippen LogP contribution in [-0.4, -0.2) is 23.0 Å². The van der Waals surface area contributed by atoms with Crippen LogP contribution in [0.2, 0.25) is 0 Å². The van der Waals surface area contributed by atoms with Gasteiger partial charge in [0.1, 0.15) is 12.4 Å². The molecule has 196 valence electrons. The Balaban J connectivity index is 1.72. The first-order chi connectivity index (χ1) is 18.4. The van der Waals surface area contributed by atoms with E-state index in [-0.39, 0.29) is 5.56 Å². The van der Waals surface area contributed by atoms with Crippen LogP contribution in [0.15, 0.2) is 86.1 Å². The van der Waals surface area contributed by atoms with E-state index in [0.717, 1.165) is 38.5 Å². The largest absolute Gasteiger partial charge is 0.493 e. The average Bonchev–Trinajstić information content (AvgIpc) is 2.92. The van der Waals surface area contributed by atoms with Crippen LogP contribution in [0.3, 0.4) is 0 Å². The van der Waals surface area contributed by atoms with Crippen LogP contribution in [-0.2, 0) is 19.4 Å². The fourth-order valence-electron chi connectivity index (χ4n) is 4.05. The molecule has 0 radical (unpaired) electrons. The van der Waals surface area contributed by atoms with Crippen molar-refractivity contribution < 1.29 is 9.47 Å². The Hall–Kier alpha value is -3.23. The van der Waals surface area contributed by atoms with Crippen LogP contribution < -0.4 is 15.0 Å². The summed E-state index contributed by atoms with van der Waals surface area (Å²) < 4.78 is 15.1. The molecule has 0 saturated carbocycles. The first-order valence-electron chi connectivity index (χ1n) is 12.4. The molecule has 0 unspecified atom stereocenters. The number of fused-ring (bicyclic) bond motifs is 1. The number of hydrogen-bond donors (Lipinski definition) is 0. The highest BCUT2D eigenvalue weighted by Gasteiger charge is 2.14. The molecule has 0 fully saturated rings. The first-order valence-corrected chi connectivity index (χ1v) is 14.0. The van der Waals surface area contributed by atoms with Crippen molar-refractivity contribution in [2.24, 2.45) is 5.10 Å². The summed E-state index contributed by atoms with van der Waals surface area (Å²) in [6, 6.07) is 17.3. The molecule has 4 rings (SSSR count). The number of methoxy groups -OCH3 is 1. The number of rotatable bonds is 11. The average molecular weight is 639 g/mol. The Kier molecular flexibility index (Phi) is 9.53. The zero-order valence-electron chi connectivity index (χ0n) is 21.4. The predicted molar refractivity (Wildman–Crippen MR) is 161 cm³/mol. The van der Waals surface area contributed by atoms with E-state index in [1.54, 1.807) is 19.4 Å². The highest BCUT2D eigenvalue weighted by molar-refractivity contribution is 9.10. The molecule has 0 amide bonds. The van der Waals surface area contributed by atoms with Crippen molar-refractivity contribution in [2.45, 2.75) is 39.2 Å². The predicted octanol–water partition coefficient (Wildman–Crippen LogP) is 7.46. The van der Waals surface area contributed by atoms with Gasteiger partial charge < -0.3 is 9.47 Å². The number of benzene rings is 3. The highest BCUT2D eigenvalue weighted by Crippen LogP contribution is 2.34. The molecule has 0 N–H and O–H groups in total. The minimum absolute atomic E-state index is 0.202. The maximum Gasteiger partial charge on any atom is 0.282 e. The molecule has 38 heavy (non-hydrogen) atoms. The highest BCUT2D eigenvalue weighted by atomic mass is 79.9. The van der Waals surface area contributed by atoms with E-state index < -0.39 is 0 Å². The summed E-state index contributed by atoms with van der Waals surface area (Å²) in [4.78, 5) is 18.1. The van der Waals surface area contributed by atoms with Gasteiger partial charge in [0.2, 0.25) is 0 Å². The topological polar surface area (TPSA) is 65.7 Å². The van der Waals surface area contributed by atoms with Gasteiger partial charge >= 0.3 is 0 Å². The Morgan fingerprint density at radius 3 is 2.55 bits per heavy atom. The third-order valence-electron chi connectivity index (χ3n) is 5.99. The first kappa shape index (κ1) is 27.8. The van der Waals surface area contributed by atoms with Crippen LogP contribution >= 0.6 is 31.9 Å². The molecule has 0 bridgehead atoms. The Morgan fingerprint density at radius 1 is 1.08 bits per heavy atom. The lowest BCUT2D eigenvalue weighted by Crippen LogP contribution is -2.22. The SMILES string of the molecule is C=CCc1cc(C=Nn2c(CCCC)nc3ccc(Br)cc3c2=O)cc(OC)c1OCc1ccc(Br)cc1. The quantitative estimate of drug-likeness (QED) is 0.126. The lowest BCUT2D eigenvalue weighted by molar-refractivity contribution is 0.282. The summed E-state index contributed by atoms with van der Waals surface area (Å²) in [6.45, 7) is 6.41. The monoisotopic (exact) mass is 637 g/mol. The van der Waals surface area contributed by atoms with Crippen molar-refractivity contribution in [1.82, 2.24) is 9.66 Å². The van der Waals surface area contributed by atoms with E-state index in [1.807, 2.05) is 54.6 Å². The van der Waals surface area contributed by atoms with Gasteiger partial charge in [0.25, 0.3) is 5.56 Å². The minimum Gasteiger partial charge on any atom is -0.493 e. The normalized spacial score (nSPS) is 11.3. The van der Waals surface area contributed by atoms with E-state index in [0.29, 0.717) is 47.7 Å². The summed E-state index contributed by atoms with van der Waals surface area (Å²) in [5, 5.41) is 5.10. The van der Waals surface area contributed by atoms with E-state index >= 15 is 0 Å². The zero-order chi connectivity index (χ0) is 27.1. The molecule has 1 aromatic heterocycles. The van der Waals surface area contributed by atoms with Crippen molar-refractivity contribution in [2.75, 3.05) is 7.11 Å². The van der Waals surface area contributed by atoms with Gasteiger partial charge in [-0.2, -0.15) is 9.78 Å². The molecule has 0 atom stereocenters. The number of aromatic nitrogens is 2. The van der Waals surface area contributed by atoms with Crippen LogP contribution in [0, 0.1) is 0 Å². The molecule has 6 nitrogen and oxygen atoms in total. The van der Waals surface area contributed by atoms with E-state index in [4.69, 9.17) is 14.5 Å². The molecule has 0 saturated heterocycles. The summed E-state index contributed by atoms with van der Waals surface area (Å²) >= 11 is 6.91. The molecule has 4 aromatic rings. The number of ether oxygens (including phenoxy) is 2. The standard InChI is InChI=1S/C30H29Br2N3O3/c1-4-6-8-28-34-26-14-13-24(32)17-25(26)30(36)35(28)33-18-21-15-22(7-5-2)29(27(16-21)37-3)38-19-20-9-11-23(31)12-10-20/h5,9-18H,2,4,6-8,19H2,1,3H3. The summed E-state index contributed by atoms with van der Waals surface area (Å²) in [5.41, 5.74) is 3.19. The Labute approximate surface area is 239 Å². The molecule has 1 heterocycles. The maximum absolute atomic E-state index is 13.4. The molecule has 0 aliphatic carbocycles. The Bertz CT molecular complexity index is 1530. The number of aryl methyl sites for hydroxylation is 1. The second kappa shape index (κ2) is 13.0.